The fraction of sp³-hybridized carbons (Fsp3) is 0.720. The average Bonchev–Trinajstić information content (AvgIpc) is 2.64. The van der Waals surface area contributed by atoms with E-state index >= 15 is 0 Å². The van der Waals surface area contributed by atoms with Crippen molar-refractivity contribution in [2.75, 3.05) is 20.0 Å². The molecule has 0 fully saturated rings. The summed E-state index contributed by atoms with van der Waals surface area (Å²) >= 11 is 0. The van der Waals surface area contributed by atoms with Crippen LogP contribution in [-0.4, -0.2) is 45.1 Å². The number of aldehydes is 1. The third-order valence-corrected chi connectivity index (χ3v) is 7.97. The van der Waals surface area contributed by atoms with E-state index in [0.29, 0.717) is 26.2 Å². The zero-order valence-electron chi connectivity index (χ0n) is 20.3. The van der Waals surface area contributed by atoms with Crippen LogP contribution >= 0.6 is 0 Å². The molecule has 5 heteroatoms. The standard InChI is InChI=1S/C25H44O4Si/c1-21(10-8-9-16-26)11-14-25(27)15-12-22(2)23(24(25,3)4)13-17-28-20-29-18-19-30(5,6)7/h10-11,14,16,27H,8-9,12-13,15,17-20H2,1-7H3/b14-11+,21-10-. The minimum absolute atomic E-state index is 0.339. The van der Waals surface area contributed by atoms with Gasteiger partial charge in [-0.15, -0.1) is 0 Å². The molecule has 0 aromatic carbocycles. The Balaban J connectivity index is 2.65. The molecule has 0 heterocycles. The first-order valence-electron chi connectivity index (χ1n) is 11.3. The third kappa shape index (κ3) is 8.62. The van der Waals surface area contributed by atoms with Crippen molar-refractivity contribution >= 4 is 14.4 Å². The van der Waals surface area contributed by atoms with E-state index in [0.717, 1.165) is 43.8 Å². The van der Waals surface area contributed by atoms with Gasteiger partial charge < -0.3 is 19.4 Å². The first-order chi connectivity index (χ1) is 13.9. The summed E-state index contributed by atoms with van der Waals surface area (Å²) in [5, 5.41) is 11.5. The van der Waals surface area contributed by atoms with Gasteiger partial charge in [-0.3, -0.25) is 0 Å². The zero-order chi connectivity index (χ0) is 22.8. The lowest BCUT2D eigenvalue weighted by Crippen LogP contribution is -2.47. The lowest BCUT2D eigenvalue weighted by Gasteiger charge is -2.47. The molecule has 0 aromatic heterocycles. The molecule has 1 unspecified atom stereocenters. The largest absolute Gasteiger partial charge is 0.385 e. The SMILES string of the molecule is CC1=C(CCOCOCC[Si](C)(C)C)C(C)(C)C(O)(/C=C/C(C)=C\CCC=O)CC1. The van der Waals surface area contributed by atoms with Gasteiger partial charge >= 0.3 is 0 Å². The molecule has 1 N–H and O–H groups in total. The van der Waals surface area contributed by atoms with Crippen molar-refractivity contribution in [3.63, 3.8) is 0 Å². The number of rotatable bonds is 13. The van der Waals surface area contributed by atoms with Crippen LogP contribution in [0.2, 0.25) is 25.7 Å². The smallest absolute Gasteiger partial charge is 0.146 e. The van der Waals surface area contributed by atoms with Gasteiger partial charge in [-0.1, -0.05) is 68.4 Å². The normalized spacial score (nSPS) is 22.7. The Morgan fingerprint density at radius 3 is 2.47 bits per heavy atom. The lowest BCUT2D eigenvalue weighted by atomic mass is 9.61. The van der Waals surface area contributed by atoms with Crippen molar-refractivity contribution in [3.05, 3.63) is 34.9 Å². The number of carbonyl (C=O) groups is 1. The molecule has 0 saturated heterocycles. The van der Waals surface area contributed by atoms with E-state index in [2.05, 4.69) is 40.4 Å². The first kappa shape index (κ1) is 27.0. The molecule has 4 nitrogen and oxygen atoms in total. The number of carbonyl (C=O) groups excluding carboxylic acids is 1. The third-order valence-electron chi connectivity index (χ3n) is 6.27. The van der Waals surface area contributed by atoms with Gasteiger partial charge in [-0.2, -0.15) is 0 Å². The maximum absolute atomic E-state index is 11.5. The second-order valence-corrected chi connectivity index (χ2v) is 15.9. The number of unbranched alkanes of at least 4 members (excludes halogenated alkanes) is 1. The maximum atomic E-state index is 11.5. The van der Waals surface area contributed by atoms with Crippen LogP contribution in [0, 0.1) is 5.41 Å². The van der Waals surface area contributed by atoms with Crippen LogP contribution in [0.4, 0.5) is 0 Å². The summed E-state index contributed by atoms with van der Waals surface area (Å²) in [5.74, 6) is 0. The second kappa shape index (κ2) is 12.1. The molecule has 1 aliphatic carbocycles. The molecule has 0 aromatic rings. The fourth-order valence-corrected chi connectivity index (χ4v) is 4.66. The first-order valence-corrected chi connectivity index (χ1v) is 15.0. The van der Waals surface area contributed by atoms with Crippen LogP contribution in [0.15, 0.2) is 34.9 Å². The van der Waals surface area contributed by atoms with Gasteiger partial charge in [0.05, 0.1) is 12.2 Å². The number of allylic oxidation sites excluding steroid dienone is 4. The Bertz CT molecular complexity index is 640. The van der Waals surface area contributed by atoms with Crippen molar-refractivity contribution in [1.82, 2.24) is 0 Å². The topological polar surface area (TPSA) is 55.8 Å². The summed E-state index contributed by atoms with van der Waals surface area (Å²) in [7, 11) is -1.06. The highest BCUT2D eigenvalue weighted by molar-refractivity contribution is 6.76. The molecular weight excluding hydrogens is 392 g/mol. The Hall–Kier alpha value is -1.01. The van der Waals surface area contributed by atoms with Gasteiger partial charge in [0.25, 0.3) is 0 Å². The van der Waals surface area contributed by atoms with E-state index in [-0.39, 0.29) is 5.41 Å². The summed E-state index contributed by atoms with van der Waals surface area (Å²) < 4.78 is 11.4. The van der Waals surface area contributed by atoms with Gasteiger partial charge in [0, 0.05) is 26.5 Å². The summed E-state index contributed by atoms with van der Waals surface area (Å²) in [6, 6.07) is 1.15. The number of hydrogen-bond acceptors (Lipinski definition) is 4. The predicted octanol–water partition coefficient (Wildman–Crippen LogP) is 6.05. The zero-order valence-corrected chi connectivity index (χ0v) is 21.3. The van der Waals surface area contributed by atoms with E-state index in [4.69, 9.17) is 9.47 Å². The fourth-order valence-electron chi connectivity index (χ4n) is 3.90. The van der Waals surface area contributed by atoms with Crippen LogP contribution in [-0.2, 0) is 14.3 Å². The van der Waals surface area contributed by atoms with Crippen LogP contribution in [0.5, 0.6) is 0 Å². The molecule has 0 bridgehead atoms. The summed E-state index contributed by atoms with van der Waals surface area (Å²) in [4.78, 5) is 10.5. The van der Waals surface area contributed by atoms with E-state index in [1.807, 2.05) is 25.2 Å². The summed E-state index contributed by atoms with van der Waals surface area (Å²) in [5.41, 5.74) is 2.46. The highest BCUT2D eigenvalue weighted by Gasteiger charge is 2.46. The monoisotopic (exact) mass is 436 g/mol. The van der Waals surface area contributed by atoms with Crippen LogP contribution in [0.3, 0.4) is 0 Å². The van der Waals surface area contributed by atoms with E-state index < -0.39 is 13.7 Å². The van der Waals surface area contributed by atoms with Crippen LogP contribution < -0.4 is 0 Å². The molecule has 1 rings (SSSR count). The van der Waals surface area contributed by atoms with Gasteiger partial charge in [0.2, 0.25) is 0 Å². The molecule has 0 aliphatic heterocycles. The van der Waals surface area contributed by atoms with Crippen molar-refractivity contribution < 1.29 is 19.4 Å². The molecule has 0 radical (unpaired) electrons. The van der Waals surface area contributed by atoms with Crippen molar-refractivity contribution in [3.8, 4) is 0 Å². The van der Waals surface area contributed by atoms with E-state index in [1.54, 1.807) is 0 Å². The number of ether oxygens (including phenoxy) is 2. The maximum Gasteiger partial charge on any atom is 0.146 e. The quantitative estimate of drug-likeness (QED) is 0.0953. The van der Waals surface area contributed by atoms with E-state index in [9.17, 15) is 9.90 Å². The average molecular weight is 437 g/mol. The van der Waals surface area contributed by atoms with Crippen LogP contribution in [0.1, 0.15) is 59.8 Å². The van der Waals surface area contributed by atoms with Gasteiger partial charge in [-0.25, -0.2) is 0 Å². The van der Waals surface area contributed by atoms with Crippen molar-refractivity contribution in [1.29, 1.82) is 0 Å². The van der Waals surface area contributed by atoms with Gasteiger partial charge in [0.15, 0.2) is 0 Å². The highest BCUT2D eigenvalue weighted by atomic mass is 28.3. The Kier molecular flexibility index (Phi) is 10.9. The molecule has 0 amide bonds. The molecular formula is C25H44O4Si. The number of hydrogen-bond donors (Lipinski definition) is 1. The van der Waals surface area contributed by atoms with Crippen molar-refractivity contribution in [2.45, 2.75) is 91.1 Å². The molecule has 0 spiro atoms. The minimum Gasteiger partial charge on any atom is -0.385 e. The number of aliphatic hydroxyl groups is 1. The molecule has 1 atom stereocenters. The minimum atomic E-state index is -1.06. The van der Waals surface area contributed by atoms with E-state index in [1.165, 1.54) is 11.1 Å². The predicted molar refractivity (Wildman–Crippen MR) is 128 cm³/mol. The molecule has 30 heavy (non-hydrogen) atoms. The molecule has 172 valence electrons. The van der Waals surface area contributed by atoms with Crippen molar-refractivity contribution in [2.24, 2.45) is 5.41 Å². The Morgan fingerprint density at radius 1 is 1.17 bits per heavy atom. The highest BCUT2D eigenvalue weighted by Crippen LogP contribution is 2.49. The second-order valence-electron chi connectivity index (χ2n) is 10.3. The molecule has 1 aliphatic rings. The molecule has 0 saturated carbocycles. The summed E-state index contributed by atoms with van der Waals surface area (Å²) in [6.45, 7) is 17.2. The van der Waals surface area contributed by atoms with Crippen LogP contribution in [0.25, 0.3) is 0 Å². The van der Waals surface area contributed by atoms with Gasteiger partial charge in [0.1, 0.15) is 13.1 Å². The Morgan fingerprint density at radius 2 is 1.83 bits per heavy atom. The lowest BCUT2D eigenvalue weighted by molar-refractivity contribution is -0.107. The summed E-state index contributed by atoms with van der Waals surface area (Å²) in [6.07, 6.45) is 10.6. The van der Waals surface area contributed by atoms with Gasteiger partial charge in [-0.05, 0) is 45.6 Å². The Labute approximate surface area is 185 Å².